The molecule has 0 aromatic heterocycles. The zero-order chi connectivity index (χ0) is 19.6. The highest BCUT2D eigenvalue weighted by Crippen LogP contribution is 2.39. The molecule has 4 nitrogen and oxygen atoms in total. The number of hydrogen-bond donors (Lipinski definition) is 0. The van der Waals surface area contributed by atoms with Crippen molar-refractivity contribution in [1.82, 2.24) is 9.80 Å². The first-order valence-corrected chi connectivity index (χ1v) is 10.3. The summed E-state index contributed by atoms with van der Waals surface area (Å²) in [6, 6.07) is 19.5. The lowest BCUT2D eigenvalue weighted by atomic mass is 9.81. The van der Waals surface area contributed by atoms with Crippen LogP contribution in [0.4, 0.5) is 0 Å². The second-order valence-electron chi connectivity index (χ2n) is 8.38. The molecule has 1 aliphatic carbocycles. The summed E-state index contributed by atoms with van der Waals surface area (Å²) in [6.07, 6.45) is 3.96. The molecule has 1 spiro atoms. The Kier molecular flexibility index (Phi) is 5.40. The SMILES string of the molecule is CC(=O)N(C)C1CCC2(CC1)CN(Cc1ccccc1)Cc1ccccc1O2. The van der Waals surface area contributed by atoms with Crippen molar-refractivity contribution in [2.45, 2.75) is 57.3 Å². The first kappa shape index (κ1) is 19.0. The van der Waals surface area contributed by atoms with E-state index in [2.05, 4.69) is 59.5 Å². The summed E-state index contributed by atoms with van der Waals surface area (Å²) in [6.45, 7) is 4.41. The van der Waals surface area contributed by atoms with Gasteiger partial charge in [-0.2, -0.15) is 0 Å². The molecule has 4 heteroatoms. The molecule has 28 heavy (non-hydrogen) atoms. The fourth-order valence-corrected chi connectivity index (χ4v) is 4.69. The number of amides is 1. The summed E-state index contributed by atoms with van der Waals surface area (Å²) in [5, 5.41) is 0. The number of benzene rings is 2. The van der Waals surface area contributed by atoms with Crippen molar-refractivity contribution in [3.63, 3.8) is 0 Å². The minimum absolute atomic E-state index is 0.152. The van der Waals surface area contributed by atoms with Gasteiger partial charge in [-0.05, 0) is 37.3 Å². The average Bonchev–Trinajstić information content (AvgIpc) is 2.84. The Balaban J connectivity index is 1.56. The number of carbonyl (C=O) groups excluding carboxylic acids is 1. The first-order chi connectivity index (χ1) is 13.5. The second-order valence-corrected chi connectivity index (χ2v) is 8.38. The number of hydrogen-bond acceptors (Lipinski definition) is 3. The molecule has 0 atom stereocenters. The van der Waals surface area contributed by atoms with Crippen LogP contribution >= 0.6 is 0 Å². The van der Waals surface area contributed by atoms with Crippen molar-refractivity contribution >= 4 is 5.91 Å². The van der Waals surface area contributed by atoms with Crippen LogP contribution in [-0.2, 0) is 17.9 Å². The van der Waals surface area contributed by atoms with Gasteiger partial charge in [0.15, 0.2) is 0 Å². The van der Waals surface area contributed by atoms with Gasteiger partial charge in [0.1, 0.15) is 11.4 Å². The van der Waals surface area contributed by atoms with E-state index in [0.29, 0.717) is 6.04 Å². The van der Waals surface area contributed by atoms with Crippen molar-refractivity contribution in [2.75, 3.05) is 13.6 Å². The molecule has 0 unspecified atom stereocenters. The molecular weight excluding hydrogens is 348 g/mol. The highest BCUT2D eigenvalue weighted by molar-refractivity contribution is 5.73. The van der Waals surface area contributed by atoms with Crippen LogP contribution in [0.2, 0.25) is 0 Å². The lowest BCUT2D eigenvalue weighted by molar-refractivity contribution is -0.131. The summed E-state index contributed by atoms with van der Waals surface area (Å²) < 4.78 is 6.70. The fraction of sp³-hybridized carbons (Fsp3) is 0.458. The third-order valence-electron chi connectivity index (χ3n) is 6.36. The summed E-state index contributed by atoms with van der Waals surface area (Å²) in [5.41, 5.74) is 2.43. The molecule has 1 fully saturated rings. The zero-order valence-electron chi connectivity index (χ0n) is 16.9. The lowest BCUT2D eigenvalue weighted by Crippen LogP contribution is -2.51. The van der Waals surface area contributed by atoms with Gasteiger partial charge < -0.3 is 9.64 Å². The topological polar surface area (TPSA) is 32.8 Å². The van der Waals surface area contributed by atoms with E-state index >= 15 is 0 Å². The maximum Gasteiger partial charge on any atom is 0.219 e. The van der Waals surface area contributed by atoms with E-state index in [0.717, 1.165) is 51.1 Å². The number of rotatable bonds is 3. The predicted molar refractivity (Wildman–Crippen MR) is 111 cm³/mol. The standard InChI is InChI=1S/C24H30N2O2/c1-19(27)25(2)22-12-14-24(15-13-22)18-26(16-20-8-4-3-5-9-20)17-21-10-6-7-11-23(21)28-24/h3-11,22H,12-18H2,1-2H3. The number of nitrogens with zero attached hydrogens (tertiary/aromatic N) is 2. The van der Waals surface area contributed by atoms with Gasteiger partial charge in [0.25, 0.3) is 0 Å². The monoisotopic (exact) mass is 378 g/mol. The minimum atomic E-state index is -0.171. The summed E-state index contributed by atoms with van der Waals surface area (Å²) in [4.78, 5) is 16.2. The fourth-order valence-electron chi connectivity index (χ4n) is 4.69. The van der Waals surface area contributed by atoms with Crippen molar-refractivity contribution in [3.05, 3.63) is 65.7 Å². The van der Waals surface area contributed by atoms with Crippen molar-refractivity contribution in [1.29, 1.82) is 0 Å². The van der Waals surface area contributed by atoms with Crippen molar-refractivity contribution in [2.24, 2.45) is 0 Å². The molecule has 0 N–H and O–H groups in total. The molecule has 0 bridgehead atoms. The highest BCUT2D eigenvalue weighted by Gasteiger charge is 2.42. The van der Waals surface area contributed by atoms with Gasteiger partial charge >= 0.3 is 0 Å². The number of carbonyl (C=O) groups is 1. The molecule has 1 heterocycles. The highest BCUT2D eigenvalue weighted by atomic mass is 16.5. The first-order valence-electron chi connectivity index (χ1n) is 10.3. The van der Waals surface area contributed by atoms with Crippen LogP contribution in [-0.4, -0.2) is 40.9 Å². The smallest absolute Gasteiger partial charge is 0.219 e. The van der Waals surface area contributed by atoms with Crippen LogP contribution in [0.3, 0.4) is 0 Å². The van der Waals surface area contributed by atoms with Gasteiger partial charge in [-0.15, -0.1) is 0 Å². The molecule has 2 aromatic carbocycles. The Morgan fingerprint density at radius 2 is 1.79 bits per heavy atom. The number of para-hydroxylation sites is 1. The third-order valence-corrected chi connectivity index (χ3v) is 6.36. The van der Waals surface area contributed by atoms with Crippen molar-refractivity contribution in [3.8, 4) is 5.75 Å². The van der Waals surface area contributed by atoms with E-state index < -0.39 is 0 Å². The van der Waals surface area contributed by atoms with Gasteiger partial charge in [-0.25, -0.2) is 0 Å². The van der Waals surface area contributed by atoms with E-state index in [1.54, 1.807) is 6.92 Å². The Bertz CT molecular complexity index is 812. The normalized spacial score (nSPS) is 24.9. The Labute approximate surface area is 168 Å². The third kappa shape index (κ3) is 4.07. The Morgan fingerprint density at radius 1 is 1.11 bits per heavy atom. The van der Waals surface area contributed by atoms with Gasteiger partial charge in [-0.1, -0.05) is 48.5 Å². The summed E-state index contributed by atoms with van der Waals surface area (Å²) in [7, 11) is 1.93. The van der Waals surface area contributed by atoms with Crippen LogP contribution in [0.5, 0.6) is 5.75 Å². The minimum Gasteiger partial charge on any atom is -0.486 e. The van der Waals surface area contributed by atoms with E-state index in [1.165, 1.54) is 11.1 Å². The van der Waals surface area contributed by atoms with Crippen LogP contribution in [0.15, 0.2) is 54.6 Å². The Morgan fingerprint density at radius 3 is 2.50 bits per heavy atom. The van der Waals surface area contributed by atoms with Crippen LogP contribution in [0.25, 0.3) is 0 Å². The summed E-state index contributed by atoms with van der Waals surface area (Å²) >= 11 is 0. The lowest BCUT2D eigenvalue weighted by Gasteiger charge is -2.43. The number of ether oxygens (including phenoxy) is 1. The Hall–Kier alpha value is -2.33. The van der Waals surface area contributed by atoms with E-state index in [9.17, 15) is 4.79 Å². The average molecular weight is 379 g/mol. The predicted octanol–water partition coefficient (Wildman–Crippen LogP) is 4.24. The van der Waals surface area contributed by atoms with Crippen molar-refractivity contribution < 1.29 is 9.53 Å². The molecule has 1 aliphatic heterocycles. The quantitative estimate of drug-likeness (QED) is 0.801. The van der Waals surface area contributed by atoms with Gasteiger partial charge in [0.2, 0.25) is 5.91 Å². The van der Waals surface area contributed by atoms with Gasteiger partial charge in [-0.3, -0.25) is 9.69 Å². The molecule has 0 radical (unpaired) electrons. The zero-order valence-corrected chi connectivity index (χ0v) is 16.9. The molecule has 2 aromatic rings. The molecule has 0 saturated heterocycles. The number of fused-ring (bicyclic) bond motifs is 1. The molecule has 4 rings (SSSR count). The molecule has 1 saturated carbocycles. The largest absolute Gasteiger partial charge is 0.486 e. The summed E-state index contributed by atoms with van der Waals surface area (Å²) in [5.74, 6) is 1.18. The van der Waals surface area contributed by atoms with Gasteiger partial charge in [0, 0.05) is 45.2 Å². The maximum absolute atomic E-state index is 11.8. The molecular formula is C24H30N2O2. The second kappa shape index (κ2) is 7.96. The van der Waals surface area contributed by atoms with Crippen LogP contribution in [0.1, 0.15) is 43.7 Å². The van der Waals surface area contributed by atoms with E-state index in [4.69, 9.17) is 4.74 Å². The van der Waals surface area contributed by atoms with E-state index in [1.807, 2.05) is 11.9 Å². The van der Waals surface area contributed by atoms with Gasteiger partial charge in [0.05, 0.1) is 0 Å². The molecule has 148 valence electrons. The molecule has 1 amide bonds. The molecule has 2 aliphatic rings. The van der Waals surface area contributed by atoms with Crippen LogP contribution < -0.4 is 4.74 Å². The maximum atomic E-state index is 11.8. The van der Waals surface area contributed by atoms with E-state index in [-0.39, 0.29) is 11.5 Å². The van der Waals surface area contributed by atoms with Crippen LogP contribution in [0, 0.1) is 0 Å².